The van der Waals surface area contributed by atoms with Crippen LogP contribution in [0.4, 0.5) is 0 Å². The molecular weight excluding hydrogens is 231 g/mol. The van der Waals surface area contributed by atoms with E-state index in [0.717, 1.165) is 5.92 Å². The van der Waals surface area contributed by atoms with Gasteiger partial charge in [0.1, 0.15) is 6.04 Å². The van der Waals surface area contributed by atoms with Gasteiger partial charge in [0.2, 0.25) is 5.69 Å². The molecule has 1 fully saturated rings. The Labute approximate surface area is 102 Å². The summed E-state index contributed by atoms with van der Waals surface area (Å²) in [7, 11) is 0. The van der Waals surface area contributed by atoms with E-state index in [1.807, 2.05) is 6.20 Å². The molecule has 1 aromatic rings. The zero-order chi connectivity index (χ0) is 8.67. The minimum Gasteiger partial charge on any atom is -1.00 e. The highest BCUT2D eigenvalue weighted by atomic mass is 35.5. The number of hydrogen-bond acceptors (Lipinski definition) is 0. The molecule has 82 valence electrons. The molecule has 2 aliphatic rings. The molecule has 2 heterocycles. The van der Waals surface area contributed by atoms with E-state index in [1.54, 1.807) is 0 Å². The van der Waals surface area contributed by atoms with Crippen LogP contribution >= 0.6 is 0 Å². The molecule has 15 heavy (non-hydrogen) atoms. The molecule has 1 aliphatic carbocycles. The van der Waals surface area contributed by atoms with Crippen LogP contribution in [-0.2, 0) is 0 Å². The van der Waals surface area contributed by atoms with Crippen molar-refractivity contribution in [1.29, 1.82) is 0 Å². The predicted octanol–water partition coefficient (Wildman–Crippen LogP) is -5.84. The highest BCUT2D eigenvalue weighted by Crippen LogP contribution is 2.31. The Morgan fingerprint density at radius 2 is 2.20 bits per heavy atom. The average molecular weight is 245 g/mol. The van der Waals surface area contributed by atoms with Crippen molar-refractivity contribution >= 4 is 6.08 Å². The molecule has 1 aromatic heterocycles. The molecule has 0 saturated carbocycles. The molecule has 3 N–H and O–H groups in total. The zero-order valence-corrected chi connectivity index (χ0v) is 9.80. The molecule has 1 aliphatic heterocycles. The molecule has 3 rings (SSSR count). The van der Waals surface area contributed by atoms with E-state index in [2.05, 4.69) is 34.6 Å². The highest BCUT2D eigenvalue weighted by molar-refractivity contribution is 5.50. The van der Waals surface area contributed by atoms with E-state index in [-0.39, 0.29) is 24.8 Å². The number of H-pyrrole nitrogens is 1. The average Bonchev–Trinajstić information content (AvgIpc) is 2.65. The lowest BCUT2D eigenvalue weighted by Crippen LogP contribution is -3.00. The normalized spacial score (nSPS) is 25.9. The second-order valence-electron chi connectivity index (χ2n) is 3.90. The molecule has 1 saturated heterocycles. The summed E-state index contributed by atoms with van der Waals surface area (Å²) in [6, 6.07) is 5.02. The lowest BCUT2D eigenvalue weighted by molar-refractivity contribution is -0.679. The van der Waals surface area contributed by atoms with Gasteiger partial charge in [0, 0.05) is 24.5 Å². The van der Waals surface area contributed by atoms with Crippen molar-refractivity contribution in [2.75, 3.05) is 6.54 Å². The number of rotatable bonds is 0. The van der Waals surface area contributed by atoms with E-state index in [4.69, 9.17) is 0 Å². The summed E-state index contributed by atoms with van der Waals surface area (Å²) >= 11 is 0. The Bertz CT molecular complexity index is 365. The van der Waals surface area contributed by atoms with E-state index < -0.39 is 0 Å². The second kappa shape index (κ2) is 4.97. The minimum absolute atomic E-state index is 0. The first-order chi connectivity index (χ1) is 6.45. The Hall–Kier alpha value is -0.570. The number of pyridine rings is 1. The third-order valence-electron chi connectivity index (χ3n) is 3.17. The van der Waals surface area contributed by atoms with E-state index in [1.165, 1.54) is 24.2 Å². The van der Waals surface area contributed by atoms with Gasteiger partial charge in [0.05, 0.1) is 12.1 Å². The van der Waals surface area contributed by atoms with Gasteiger partial charge in [0.15, 0.2) is 6.20 Å². The Kier molecular flexibility index (Phi) is 4.14. The van der Waals surface area contributed by atoms with Crippen molar-refractivity contribution in [3.63, 3.8) is 0 Å². The van der Waals surface area contributed by atoms with Gasteiger partial charge in [-0.1, -0.05) is 6.08 Å². The number of nitrogens with one attached hydrogen (secondary N) is 1. The van der Waals surface area contributed by atoms with E-state index in [9.17, 15) is 0 Å². The molecule has 0 radical (unpaired) electrons. The summed E-state index contributed by atoms with van der Waals surface area (Å²) in [6.07, 6.45) is 7.91. The third kappa shape index (κ3) is 2.03. The fourth-order valence-corrected chi connectivity index (χ4v) is 2.51. The van der Waals surface area contributed by atoms with Gasteiger partial charge < -0.3 is 30.1 Å². The van der Waals surface area contributed by atoms with Crippen molar-refractivity contribution in [2.24, 2.45) is 5.92 Å². The first-order valence-electron chi connectivity index (χ1n) is 4.97. The smallest absolute Gasteiger partial charge is 0.212 e. The van der Waals surface area contributed by atoms with Crippen molar-refractivity contribution in [2.45, 2.75) is 12.5 Å². The topological polar surface area (TPSA) is 30.8 Å². The fourth-order valence-electron chi connectivity index (χ4n) is 2.51. The molecule has 2 nitrogen and oxygen atoms in total. The predicted molar refractivity (Wildman–Crippen MR) is 49.7 cm³/mol. The van der Waals surface area contributed by atoms with Crippen LogP contribution in [0.5, 0.6) is 0 Å². The Morgan fingerprint density at radius 1 is 1.33 bits per heavy atom. The number of fused-ring (bicyclic) bond motifs is 3. The SMILES string of the molecule is C1=CC2CC[NH2+]C2c2ccc[nH+]c21.[Cl-].[Cl-]. The molecule has 0 aromatic carbocycles. The summed E-state index contributed by atoms with van der Waals surface area (Å²) in [6.45, 7) is 1.27. The third-order valence-corrected chi connectivity index (χ3v) is 3.17. The minimum atomic E-state index is 0. The van der Waals surface area contributed by atoms with Crippen molar-refractivity contribution in [3.8, 4) is 0 Å². The van der Waals surface area contributed by atoms with Gasteiger partial charge in [-0.25, -0.2) is 4.98 Å². The standard InChI is InChI=1S/C11H12N2.2ClH/c1-2-9-10(12-6-1)4-3-8-5-7-13-11(8)9;;/h1-4,6,8,11,13H,5,7H2;2*1H. The molecule has 2 unspecified atom stereocenters. The summed E-state index contributed by atoms with van der Waals surface area (Å²) in [5, 5.41) is 2.46. The lowest BCUT2D eigenvalue weighted by atomic mass is 9.88. The molecule has 0 spiro atoms. The summed E-state index contributed by atoms with van der Waals surface area (Å²) < 4.78 is 0. The molecule has 4 heteroatoms. The van der Waals surface area contributed by atoms with Gasteiger partial charge in [-0.15, -0.1) is 0 Å². The first-order valence-corrected chi connectivity index (χ1v) is 4.97. The number of halogens is 2. The Morgan fingerprint density at radius 3 is 3.07 bits per heavy atom. The van der Waals surface area contributed by atoms with Gasteiger partial charge in [0.25, 0.3) is 0 Å². The maximum Gasteiger partial charge on any atom is 0.212 e. The van der Waals surface area contributed by atoms with Crippen LogP contribution in [0.1, 0.15) is 23.7 Å². The van der Waals surface area contributed by atoms with Gasteiger partial charge >= 0.3 is 0 Å². The van der Waals surface area contributed by atoms with Crippen LogP contribution in [0.15, 0.2) is 24.4 Å². The first kappa shape index (κ1) is 12.5. The zero-order valence-electron chi connectivity index (χ0n) is 8.29. The second-order valence-corrected chi connectivity index (χ2v) is 3.90. The lowest BCUT2D eigenvalue weighted by Gasteiger charge is -2.16. The fraction of sp³-hybridized carbons (Fsp3) is 0.364. The summed E-state index contributed by atoms with van der Waals surface area (Å²) in [5.74, 6) is 0.767. The number of nitrogens with two attached hydrogens (primary N) is 1. The number of aromatic nitrogens is 1. The maximum absolute atomic E-state index is 3.29. The number of hydrogen-bond donors (Lipinski definition) is 1. The van der Waals surface area contributed by atoms with Gasteiger partial charge in [-0.05, 0) is 6.07 Å². The van der Waals surface area contributed by atoms with Crippen LogP contribution in [0.25, 0.3) is 6.08 Å². The highest BCUT2D eigenvalue weighted by Gasteiger charge is 2.36. The molecular formula is C11H14Cl2N2. The van der Waals surface area contributed by atoms with E-state index in [0.29, 0.717) is 6.04 Å². The van der Waals surface area contributed by atoms with Crippen LogP contribution < -0.4 is 35.1 Å². The number of quaternary nitrogens is 1. The van der Waals surface area contributed by atoms with Crippen molar-refractivity contribution in [1.82, 2.24) is 0 Å². The van der Waals surface area contributed by atoms with Crippen LogP contribution in [-0.4, -0.2) is 6.54 Å². The monoisotopic (exact) mass is 244 g/mol. The molecule has 0 amide bonds. The largest absolute Gasteiger partial charge is 1.00 e. The van der Waals surface area contributed by atoms with Crippen LogP contribution in [0.2, 0.25) is 0 Å². The molecule has 0 bridgehead atoms. The Balaban J connectivity index is 0.000000562. The number of aromatic amines is 1. The summed E-state index contributed by atoms with van der Waals surface area (Å²) in [5.41, 5.74) is 2.77. The van der Waals surface area contributed by atoms with Gasteiger partial charge in [-0.3, -0.25) is 0 Å². The quantitative estimate of drug-likeness (QED) is 0.472. The van der Waals surface area contributed by atoms with Crippen LogP contribution in [0, 0.1) is 5.92 Å². The summed E-state index contributed by atoms with van der Waals surface area (Å²) in [4.78, 5) is 3.29. The van der Waals surface area contributed by atoms with Crippen molar-refractivity contribution in [3.05, 3.63) is 35.7 Å². The maximum atomic E-state index is 3.29. The molecule has 2 atom stereocenters. The van der Waals surface area contributed by atoms with Crippen LogP contribution in [0.3, 0.4) is 0 Å². The van der Waals surface area contributed by atoms with E-state index >= 15 is 0 Å². The van der Waals surface area contributed by atoms with Gasteiger partial charge in [-0.2, -0.15) is 0 Å². The van der Waals surface area contributed by atoms with Crippen molar-refractivity contribution < 1.29 is 35.1 Å².